The molecule has 1 aromatic carbocycles. The minimum Gasteiger partial charge on any atom is -0.327 e. The van der Waals surface area contributed by atoms with E-state index >= 15 is 0 Å². The van der Waals surface area contributed by atoms with E-state index in [1.165, 1.54) is 37.7 Å². The summed E-state index contributed by atoms with van der Waals surface area (Å²) in [6.45, 7) is 4.55. The van der Waals surface area contributed by atoms with Gasteiger partial charge in [-0.3, -0.25) is 0 Å². The van der Waals surface area contributed by atoms with Gasteiger partial charge in [0.05, 0.1) is 0 Å². The lowest BCUT2D eigenvalue weighted by atomic mass is 9.87. The smallest absolute Gasteiger partial charge is 0.0102 e. The van der Waals surface area contributed by atoms with Gasteiger partial charge >= 0.3 is 0 Å². The summed E-state index contributed by atoms with van der Waals surface area (Å²) in [5, 5.41) is 0. The maximum atomic E-state index is 6.52. The van der Waals surface area contributed by atoms with E-state index in [-0.39, 0.29) is 0 Å². The lowest BCUT2D eigenvalue weighted by Crippen LogP contribution is -2.32. The molecule has 0 saturated heterocycles. The molecule has 2 rings (SSSR count). The fraction of sp³-hybridized carbons (Fsp3) is 0.647. The van der Waals surface area contributed by atoms with Crippen molar-refractivity contribution < 1.29 is 0 Å². The topological polar surface area (TPSA) is 26.0 Å². The van der Waals surface area contributed by atoms with Crippen LogP contribution in [-0.4, -0.2) is 6.04 Å². The van der Waals surface area contributed by atoms with Gasteiger partial charge < -0.3 is 5.73 Å². The molecular formula is C17H27N. The Kier molecular flexibility index (Phi) is 4.82. The maximum absolute atomic E-state index is 6.52. The van der Waals surface area contributed by atoms with E-state index in [4.69, 9.17) is 5.73 Å². The van der Waals surface area contributed by atoms with E-state index in [0.717, 1.165) is 17.8 Å². The fourth-order valence-corrected chi connectivity index (χ4v) is 3.34. The predicted octanol–water partition coefficient (Wildman–Crippen LogP) is 4.33. The zero-order valence-corrected chi connectivity index (χ0v) is 11.8. The molecule has 0 heterocycles. The number of hydrogen-bond acceptors (Lipinski definition) is 1. The van der Waals surface area contributed by atoms with Crippen LogP contribution in [0.25, 0.3) is 0 Å². The van der Waals surface area contributed by atoms with Gasteiger partial charge in [0, 0.05) is 6.04 Å². The number of benzene rings is 1. The molecule has 100 valence electrons. The van der Waals surface area contributed by atoms with Crippen molar-refractivity contribution in [1.29, 1.82) is 0 Å². The third-order valence-corrected chi connectivity index (χ3v) is 4.43. The summed E-state index contributed by atoms with van der Waals surface area (Å²) in [5.74, 6) is 2.20. The van der Waals surface area contributed by atoms with Crippen molar-refractivity contribution in [3.05, 3.63) is 35.9 Å². The molecule has 0 aliphatic heterocycles. The van der Waals surface area contributed by atoms with Gasteiger partial charge in [0.25, 0.3) is 0 Å². The van der Waals surface area contributed by atoms with Crippen LogP contribution >= 0.6 is 0 Å². The highest BCUT2D eigenvalue weighted by Crippen LogP contribution is 2.51. The second-order valence-corrected chi connectivity index (χ2v) is 5.83. The molecule has 3 unspecified atom stereocenters. The van der Waals surface area contributed by atoms with Crippen molar-refractivity contribution in [3.8, 4) is 0 Å². The van der Waals surface area contributed by atoms with Gasteiger partial charge in [0.15, 0.2) is 0 Å². The minimum atomic E-state index is 0.412. The van der Waals surface area contributed by atoms with Gasteiger partial charge in [-0.25, -0.2) is 0 Å². The first-order valence-electron chi connectivity index (χ1n) is 7.58. The van der Waals surface area contributed by atoms with Crippen LogP contribution in [-0.2, 0) is 0 Å². The fourth-order valence-electron chi connectivity index (χ4n) is 3.34. The molecule has 1 aliphatic carbocycles. The van der Waals surface area contributed by atoms with Crippen LogP contribution < -0.4 is 5.73 Å². The molecule has 0 bridgehead atoms. The van der Waals surface area contributed by atoms with Crippen LogP contribution in [0.15, 0.2) is 30.3 Å². The molecule has 1 fully saturated rings. The molecule has 0 amide bonds. The average Bonchev–Trinajstić information content (AvgIpc) is 3.19. The first-order chi connectivity index (χ1) is 8.77. The summed E-state index contributed by atoms with van der Waals surface area (Å²) < 4.78 is 0. The number of rotatable bonds is 7. The van der Waals surface area contributed by atoms with Crippen molar-refractivity contribution in [2.24, 2.45) is 17.6 Å². The average molecular weight is 245 g/mol. The molecule has 0 radical (unpaired) electrons. The van der Waals surface area contributed by atoms with Crippen molar-refractivity contribution in [2.75, 3.05) is 0 Å². The molecule has 1 heteroatoms. The van der Waals surface area contributed by atoms with Crippen LogP contribution in [0.1, 0.15) is 57.4 Å². The number of nitrogens with two attached hydrogens (primary N) is 1. The standard InChI is InChI=1S/C17H27N/c1-3-8-14(9-4-2)17(18)16-12-15(16)13-10-6-5-7-11-13/h5-7,10-11,14-17H,3-4,8-9,12,18H2,1-2H3. The molecule has 1 aliphatic rings. The third-order valence-electron chi connectivity index (χ3n) is 4.43. The Morgan fingerprint density at radius 3 is 2.28 bits per heavy atom. The molecular weight excluding hydrogens is 218 g/mol. The van der Waals surface area contributed by atoms with E-state index in [0.29, 0.717) is 6.04 Å². The van der Waals surface area contributed by atoms with E-state index < -0.39 is 0 Å². The Morgan fingerprint density at radius 2 is 1.72 bits per heavy atom. The third kappa shape index (κ3) is 3.14. The molecule has 1 aromatic rings. The lowest BCUT2D eigenvalue weighted by molar-refractivity contribution is 0.332. The Bertz CT molecular complexity index is 340. The second-order valence-electron chi connectivity index (χ2n) is 5.83. The van der Waals surface area contributed by atoms with Crippen LogP contribution in [0.4, 0.5) is 0 Å². The molecule has 0 aromatic heterocycles. The number of hydrogen-bond donors (Lipinski definition) is 1. The molecule has 3 atom stereocenters. The van der Waals surface area contributed by atoms with Gasteiger partial charge in [0.2, 0.25) is 0 Å². The molecule has 2 N–H and O–H groups in total. The lowest BCUT2D eigenvalue weighted by Gasteiger charge is -2.23. The summed E-state index contributed by atoms with van der Waals surface area (Å²) in [5.41, 5.74) is 8.01. The van der Waals surface area contributed by atoms with Gasteiger partial charge in [-0.15, -0.1) is 0 Å². The van der Waals surface area contributed by atoms with Crippen LogP contribution in [0, 0.1) is 11.8 Å². The minimum absolute atomic E-state index is 0.412. The first-order valence-corrected chi connectivity index (χ1v) is 7.58. The molecule has 1 saturated carbocycles. The van der Waals surface area contributed by atoms with Gasteiger partial charge in [0.1, 0.15) is 0 Å². The summed E-state index contributed by atoms with van der Waals surface area (Å²) in [6.07, 6.45) is 6.43. The van der Waals surface area contributed by atoms with Crippen molar-refractivity contribution in [1.82, 2.24) is 0 Å². The van der Waals surface area contributed by atoms with E-state index in [9.17, 15) is 0 Å². The first kappa shape index (κ1) is 13.6. The second kappa shape index (κ2) is 6.38. The summed E-state index contributed by atoms with van der Waals surface area (Å²) in [4.78, 5) is 0. The van der Waals surface area contributed by atoms with Gasteiger partial charge in [-0.05, 0) is 42.6 Å². The van der Waals surface area contributed by atoms with E-state index in [2.05, 4.69) is 44.2 Å². The van der Waals surface area contributed by atoms with E-state index in [1.807, 2.05) is 0 Å². The zero-order valence-electron chi connectivity index (χ0n) is 11.8. The van der Waals surface area contributed by atoms with Crippen molar-refractivity contribution >= 4 is 0 Å². The zero-order chi connectivity index (χ0) is 13.0. The Hall–Kier alpha value is -0.820. The maximum Gasteiger partial charge on any atom is 0.0102 e. The molecule has 18 heavy (non-hydrogen) atoms. The largest absolute Gasteiger partial charge is 0.327 e. The molecule has 0 spiro atoms. The normalized spacial score (nSPS) is 24.2. The highest BCUT2D eigenvalue weighted by Gasteiger charge is 2.44. The summed E-state index contributed by atoms with van der Waals surface area (Å²) in [6, 6.07) is 11.3. The summed E-state index contributed by atoms with van der Waals surface area (Å²) in [7, 11) is 0. The highest BCUT2D eigenvalue weighted by molar-refractivity contribution is 5.26. The summed E-state index contributed by atoms with van der Waals surface area (Å²) >= 11 is 0. The van der Waals surface area contributed by atoms with Crippen LogP contribution in [0.5, 0.6) is 0 Å². The predicted molar refractivity (Wildman–Crippen MR) is 78.6 cm³/mol. The Labute approximate surface area is 112 Å². The SMILES string of the molecule is CCCC(CCC)C(N)C1CC1c1ccccc1. The van der Waals surface area contributed by atoms with Crippen LogP contribution in [0.2, 0.25) is 0 Å². The quantitative estimate of drug-likeness (QED) is 0.760. The monoisotopic (exact) mass is 245 g/mol. The van der Waals surface area contributed by atoms with Crippen LogP contribution in [0.3, 0.4) is 0 Å². The highest BCUT2D eigenvalue weighted by atomic mass is 14.7. The molecule has 1 nitrogen and oxygen atoms in total. The van der Waals surface area contributed by atoms with Gasteiger partial charge in [-0.1, -0.05) is 57.0 Å². The Morgan fingerprint density at radius 1 is 1.11 bits per heavy atom. The van der Waals surface area contributed by atoms with Crippen molar-refractivity contribution in [3.63, 3.8) is 0 Å². The van der Waals surface area contributed by atoms with Gasteiger partial charge in [-0.2, -0.15) is 0 Å². The van der Waals surface area contributed by atoms with E-state index in [1.54, 1.807) is 0 Å². The Balaban J connectivity index is 1.93. The van der Waals surface area contributed by atoms with Crippen molar-refractivity contribution in [2.45, 2.75) is 57.9 Å².